The minimum atomic E-state index is -0.0882. The van der Waals surface area contributed by atoms with Gasteiger partial charge < -0.3 is 13.9 Å². The third kappa shape index (κ3) is 3.97. The first kappa shape index (κ1) is 33.3. The van der Waals surface area contributed by atoms with Crippen LogP contribution in [-0.4, -0.2) is 15.9 Å². The van der Waals surface area contributed by atoms with Gasteiger partial charge in [-0.15, -0.1) is 0 Å². The monoisotopic (exact) mass is 807 g/mol. The molecule has 3 nitrogen and oxygen atoms in total. The van der Waals surface area contributed by atoms with E-state index in [-0.39, 0.29) is 6.85 Å². The van der Waals surface area contributed by atoms with Crippen molar-refractivity contribution in [1.29, 1.82) is 0 Å². The maximum Gasteiger partial charge on any atom is 0.333 e. The fourth-order valence-electron chi connectivity index (χ4n) is 12.6. The van der Waals surface area contributed by atoms with E-state index in [1.165, 1.54) is 126 Å². The summed E-state index contributed by atoms with van der Waals surface area (Å²) in [5, 5.41) is 13.1. The fourth-order valence-corrected chi connectivity index (χ4v) is 12.6. The highest BCUT2D eigenvalue weighted by atomic mass is 15.1. The van der Waals surface area contributed by atoms with Crippen molar-refractivity contribution in [3.63, 3.8) is 0 Å². The molecule has 4 heterocycles. The number of rotatable bonds is 3. The average Bonchev–Trinajstić information content (AvgIpc) is 3.86. The van der Waals surface area contributed by atoms with Crippen LogP contribution in [0.3, 0.4) is 0 Å². The lowest BCUT2D eigenvalue weighted by Gasteiger charge is -2.36. The van der Waals surface area contributed by atoms with Crippen molar-refractivity contribution in [3.05, 3.63) is 206 Å². The van der Waals surface area contributed by atoms with Gasteiger partial charge in [0.15, 0.2) is 0 Å². The smallest absolute Gasteiger partial charge is 0.333 e. The highest BCUT2D eigenvalue weighted by Crippen LogP contribution is 2.53. The van der Waals surface area contributed by atoms with Crippen molar-refractivity contribution < 1.29 is 0 Å². The van der Waals surface area contributed by atoms with Gasteiger partial charge in [-0.05, 0) is 126 Å². The standard InChI is InChI=1S/C60H34BN3/c1-3-18-38(19-4-1)62(39-20-5-2-6-21-39)40-33-47-48-31-36-16-8-10-23-42(36)56-54-41-22-9-7-15-35(41)29-30-51(54)64(59(48)56)61-49-32-37-17-13-26-45-43-24-11-12-25-44(43)46-27-14-28-50-55(46)57(53(37)45)60(49)63(50)52(34-40)58(47)61/h1-34H. The molecule has 1 aliphatic carbocycles. The molecule has 0 bridgehead atoms. The Balaban J connectivity index is 1.17. The van der Waals surface area contributed by atoms with Crippen molar-refractivity contribution in [1.82, 2.24) is 9.05 Å². The van der Waals surface area contributed by atoms with Crippen LogP contribution in [-0.2, 0) is 0 Å². The summed E-state index contributed by atoms with van der Waals surface area (Å²) in [6.07, 6.45) is 0. The van der Waals surface area contributed by atoms with E-state index in [1.54, 1.807) is 0 Å². The Hall–Kier alpha value is -8.34. The molecule has 3 aliphatic rings. The molecule has 16 rings (SSSR count). The van der Waals surface area contributed by atoms with Crippen LogP contribution in [0.2, 0.25) is 0 Å². The Morgan fingerprint density at radius 3 is 1.73 bits per heavy atom. The SMILES string of the molecule is c1ccc(N(c2ccccc2)c2cc3c4c(c2)-n2c5cccc6c5c5c7c(cccc7cc(c52)B4n2c4ccc5ccccc5c4c4c5ccccc5cc-3c42)-c2ccccc2-6)cc1. The second kappa shape index (κ2) is 11.8. The van der Waals surface area contributed by atoms with E-state index in [9.17, 15) is 0 Å². The summed E-state index contributed by atoms with van der Waals surface area (Å²) in [7, 11) is 0. The Morgan fingerprint density at radius 2 is 0.969 bits per heavy atom. The molecule has 0 unspecified atom stereocenters. The second-order valence-electron chi connectivity index (χ2n) is 17.9. The molecule has 64 heavy (non-hydrogen) atoms. The molecule has 13 aromatic rings. The minimum Gasteiger partial charge on any atom is -0.375 e. The molecule has 0 amide bonds. The van der Waals surface area contributed by atoms with Crippen LogP contribution in [0.4, 0.5) is 17.1 Å². The molecule has 0 N–H and O–H groups in total. The summed E-state index contributed by atoms with van der Waals surface area (Å²) in [5.41, 5.74) is 20.2. The lowest BCUT2D eigenvalue weighted by molar-refractivity contribution is 1.17. The Morgan fingerprint density at radius 1 is 0.344 bits per heavy atom. The number of aromatic nitrogens is 2. The summed E-state index contributed by atoms with van der Waals surface area (Å²) >= 11 is 0. The summed E-state index contributed by atoms with van der Waals surface area (Å²) < 4.78 is 5.41. The highest BCUT2D eigenvalue weighted by Gasteiger charge is 2.44. The molecule has 11 aromatic carbocycles. The van der Waals surface area contributed by atoms with E-state index in [0.29, 0.717) is 0 Å². The number of nitrogens with zero attached hydrogens (tertiary/aromatic N) is 3. The van der Waals surface area contributed by atoms with E-state index in [0.717, 1.165) is 17.1 Å². The van der Waals surface area contributed by atoms with Gasteiger partial charge in [0.2, 0.25) is 0 Å². The van der Waals surface area contributed by atoms with Gasteiger partial charge in [0.1, 0.15) is 0 Å². The largest absolute Gasteiger partial charge is 0.375 e. The predicted molar refractivity (Wildman–Crippen MR) is 271 cm³/mol. The molecule has 2 aliphatic heterocycles. The van der Waals surface area contributed by atoms with Crippen molar-refractivity contribution in [2.45, 2.75) is 0 Å². The maximum absolute atomic E-state index is 2.75. The van der Waals surface area contributed by atoms with Gasteiger partial charge in [0, 0.05) is 60.9 Å². The van der Waals surface area contributed by atoms with Gasteiger partial charge in [0.05, 0.1) is 11.0 Å². The van der Waals surface area contributed by atoms with Crippen LogP contribution in [0.1, 0.15) is 0 Å². The molecule has 4 heteroatoms. The zero-order valence-electron chi connectivity index (χ0n) is 34.5. The van der Waals surface area contributed by atoms with Gasteiger partial charge >= 0.3 is 6.85 Å². The number of hydrogen-bond acceptors (Lipinski definition) is 1. The third-order valence-electron chi connectivity index (χ3n) is 14.9. The summed E-state index contributed by atoms with van der Waals surface area (Å²) in [6, 6.07) is 77.6. The molecule has 2 aromatic heterocycles. The Labute approximate surface area is 368 Å². The molecule has 0 radical (unpaired) electrons. The van der Waals surface area contributed by atoms with Crippen LogP contribution in [0.25, 0.3) is 115 Å². The van der Waals surface area contributed by atoms with Crippen LogP contribution in [0.5, 0.6) is 0 Å². The molecule has 0 saturated heterocycles. The van der Waals surface area contributed by atoms with Gasteiger partial charge in [-0.3, -0.25) is 0 Å². The lowest BCUT2D eigenvalue weighted by atomic mass is 9.45. The van der Waals surface area contributed by atoms with E-state index in [4.69, 9.17) is 0 Å². The van der Waals surface area contributed by atoms with E-state index in [1.807, 2.05) is 0 Å². The number of hydrogen-bond donors (Lipinski definition) is 0. The molecular formula is C60H34BN3. The molecule has 0 atom stereocenters. The van der Waals surface area contributed by atoms with E-state index >= 15 is 0 Å². The third-order valence-corrected chi connectivity index (χ3v) is 14.9. The van der Waals surface area contributed by atoms with E-state index < -0.39 is 0 Å². The normalized spacial score (nSPS) is 13.0. The maximum atomic E-state index is 2.75. The van der Waals surface area contributed by atoms with Crippen molar-refractivity contribution in [2.75, 3.05) is 4.90 Å². The van der Waals surface area contributed by atoms with Gasteiger partial charge in [0.25, 0.3) is 0 Å². The van der Waals surface area contributed by atoms with Crippen molar-refractivity contribution >= 4 is 111 Å². The Bertz CT molecular complexity index is 4220. The van der Waals surface area contributed by atoms with Crippen LogP contribution < -0.4 is 15.8 Å². The average molecular weight is 808 g/mol. The number of benzene rings is 11. The number of para-hydroxylation sites is 2. The summed E-state index contributed by atoms with van der Waals surface area (Å²) in [6.45, 7) is -0.0882. The zero-order chi connectivity index (χ0) is 41.4. The van der Waals surface area contributed by atoms with E-state index in [2.05, 4.69) is 220 Å². The Kier molecular flexibility index (Phi) is 6.12. The van der Waals surface area contributed by atoms with Crippen LogP contribution in [0, 0.1) is 0 Å². The van der Waals surface area contributed by atoms with Gasteiger partial charge in [-0.25, -0.2) is 0 Å². The lowest BCUT2D eigenvalue weighted by Crippen LogP contribution is -2.55. The fraction of sp³-hybridized carbons (Fsp3) is 0. The molecule has 0 fully saturated rings. The molecule has 292 valence electrons. The van der Waals surface area contributed by atoms with Crippen LogP contribution >= 0.6 is 0 Å². The molecule has 0 saturated carbocycles. The molecule has 0 spiro atoms. The highest BCUT2D eigenvalue weighted by molar-refractivity contribution is 6.90. The second-order valence-corrected chi connectivity index (χ2v) is 17.9. The first-order valence-corrected chi connectivity index (χ1v) is 22.4. The zero-order valence-corrected chi connectivity index (χ0v) is 34.5. The summed E-state index contributed by atoms with van der Waals surface area (Å²) in [5.74, 6) is 0. The predicted octanol–water partition coefficient (Wildman–Crippen LogP) is 14.4. The van der Waals surface area contributed by atoms with Crippen molar-refractivity contribution in [3.8, 4) is 39.1 Å². The van der Waals surface area contributed by atoms with Crippen molar-refractivity contribution in [2.24, 2.45) is 0 Å². The van der Waals surface area contributed by atoms with Gasteiger partial charge in [-0.1, -0.05) is 152 Å². The van der Waals surface area contributed by atoms with Crippen LogP contribution in [0.15, 0.2) is 206 Å². The summed E-state index contributed by atoms with van der Waals surface area (Å²) in [4.78, 5) is 2.45. The topological polar surface area (TPSA) is 13.1 Å². The van der Waals surface area contributed by atoms with Gasteiger partial charge in [-0.2, -0.15) is 0 Å². The number of anilines is 3. The quantitative estimate of drug-likeness (QED) is 0.162. The first-order valence-electron chi connectivity index (χ1n) is 22.4. The first-order chi connectivity index (χ1) is 31.8. The minimum absolute atomic E-state index is 0.0882. The number of fused-ring (bicyclic) bond motifs is 15. The molecular weight excluding hydrogens is 773 g/mol.